The van der Waals surface area contributed by atoms with Gasteiger partial charge in [0.15, 0.2) is 0 Å². The number of hydrogen-bond acceptors (Lipinski definition) is 4. The maximum Gasteiger partial charge on any atom is 0.214 e. The van der Waals surface area contributed by atoms with Crippen molar-refractivity contribution in [2.45, 2.75) is 64.5 Å². The predicted octanol–water partition coefficient (Wildman–Crippen LogP) is 1.67. The second-order valence-corrected chi connectivity index (χ2v) is 9.06. The predicted molar refractivity (Wildman–Crippen MR) is 89.3 cm³/mol. The Kier molecular flexibility index (Phi) is 6.68. The highest BCUT2D eigenvalue weighted by molar-refractivity contribution is 7.89. The molecule has 0 radical (unpaired) electrons. The fourth-order valence-electron chi connectivity index (χ4n) is 3.84. The van der Waals surface area contributed by atoms with Crippen LogP contribution in [-0.4, -0.2) is 66.8 Å². The van der Waals surface area contributed by atoms with Crippen LogP contribution in [0.15, 0.2) is 0 Å². The summed E-state index contributed by atoms with van der Waals surface area (Å²) in [5.41, 5.74) is 0. The van der Waals surface area contributed by atoms with Gasteiger partial charge in [-0.15, -0.1) is 0 Å². The summed E-state index contributed by atoms with van der Waals surface area (Å²) in [6.07, 6.45) is 6.31. The van der Waals surface area contributed by atoms with Crippen LogP contribution in [0.4, 0.5) is 0 Å². The highest BCUT2D eigenvalue weighted by Gasteiger charge is 2.34. The summed E-state index contributed by atoms with van der Waals surface area (Å²) in [4.78, 5) is 2.23. The van der Waals surface area contributed by atoms with Gasteiger partial charge in [0.05, 0.1) is 11.9 Å². The molecule has 1 heterocycles. The number of nitrogens with zero attached hydrogens (tertiary/aromatic N) is 2. The van der Waals surface area contributed by atoms with E-state index in [9.17, 15) is 13.5 Å². The van der Waals surface area contributed by atoms with Crippen LogP contribution < -0.4 is 0 Å². The molecule has 2 rings (SSSR count). The molecule has 1 saturated carbocycles. The first kappa shape index (κ1) is 18.2. The van der Waals surface area contributed by atoms with Gasteiger partial charge in [-0.25, -0.2) is 8.42 Å². The second-order valence-electron chi connectivity index (χ2n) is 7.05. The molecule has 0 aromatic carbocycles. The van der Waals surface area contributed by atoms with E-state index in [1.54, 1.807) is 11.2 Å². The topological polar surface area (TPSA) is 60.9 Å². The Morgan fingerprint density at radius 3 is 2.45 bits per heavy atom. The number of β-amino-alcohol motifs (C(OH)–C–C–N with tert-alkyl or cyclic N) is 1. The Morgan fingerprint density at radius 1 is 1.18 bits per heavy atom. The van der Waals surface area contributed by atoms with Crippen molar-refractivity contribution in [3.8, 4) is 0 Å². The first-order chi connectivity index (χ1) is 10.4. The average molecular weight is 333 g/mol. The van der Waals surface area contributed by atoms with Crippen molar-refractivity contribution in [1.29, 1.82) is 0 Å². The normalized spacial score (nSPS) is 27.9. The summed E-state index contributed by atoms with van der Waals surface area (Å²) in [5.74, 6) is 0.689. The standard InChI is InChI=1S/C16H32N2O3S/c1-3-16-12-18(10-9-17(16)11-14(2)19)22(20,21)13-15-7-5-4-6-8-15/h14-16,19H,3-13H2,1-2H3/t14-,16+/m1/s1. The van der Waals surface area contributed by atoms with E-state index < -0.39 is 10.0 Å². The van der Waals surface area contributed by atoms with Crippen LogP contribution in [0.1, 0.15) is 52.4 Å². The smallest absolute Gasteiger partial charge is 0.214 e. The quantitative estimate of drug-likeness (QED) is 0.804. The lowest BCUT2D eigenvalue weighted by atomic mass is 9.91. The van der Waals surface area contributed by atoms with Crippen LogP contribution in [0.3, 0.4) is 0 Å². The van der Waals surface area contributed by atoms with Gasteiger partial charge < -0.3 is 5.11 Å². The lowest BCUT2D eigenvalue weighted by molar-refractivity contribution is 0.0612. The van der Waals surface area contributed by atoms with E-state index in [0.717, 1.165) is 25.8 Å². The first-order valence-electron chi connectivity index (χ1n) is 8.82. The van der Waals surface area contributed by atoms with E-state index in [4.69, 9.17) is 0 Å². The fraction of sp³-hybridized carbons (Fsp3) is 1.00. The third-order valence-electron chi connectivity index (χ3n) is 5.10. The minimum atomic E-state index is -3.13. The van der Waals surface area contributed by atoms with Gasteiger partial charge in [-0.2, -0.15) is 4.31 Å². The van der Waals surface area contributed by atoms with E-state index in [1.807, 2.05) is 0 Å². The summed E-state index contributed by atoms with van der Waals surface area (Å²) in [6, 6.07) is 0.226. The minimum Gasteiger partial charge on any atom is -0.392 e. The van der Waals surface area contributed by atoms with Crippen molar-refractivity contribution in [3.05, 3.63) is 0 Å². The molecule has 2 aliphatic rings. The SMILES string of the molecule is CC[C@H]1CN(S(=O)(=O)CC2CCCCC2)CCN1C[C@@H](C)O. The molecule has 1 aliphatic heterocycles. The van der Waals surface area contributed by atoms with Crippen LogP contribution in [0.25, 0.3) is 0 Å². The summed E-state index contributed by atoms with van der Waals surface area (Å²) in [7, 11) is -3.13. The van der Waals surface area contributed by atoms with Gasteiger partial charge in [0.1, 0.15) is 0 Å². The number of aliphatic hydroxyl groups is 1. The van der Waals surface area contributed by atoms with Crippen molar-refractivity contribution >= 4 is 10.0 Å². The zero-order valence-electron chi connectivity index (χ0n) is 14.1. The second kappa shape index (κ2) is 8.08. The maximum absolute atomic E-state index is 12.7. The molecule has 0 spiro atoms. The third kappa shape index (κ3) is 4.91. The molecule has 6 heteroatoms. The van der Waals surface area contributed by atoms with E-state index in [0.29, 0.717) is 31.3 Å². The Labute approximate surface area is 135 Å². The van der Waals surface area contributed by atoms with Gasteiger partial charge in [0, 0.05) is 32.2 Å². The fourth-order valence-corrected chi connectivity index (χ4v) is 5.74. The van der Waals surface area contributed by atoms with Crippen molar-refractivity contribution in [1.82, 2.24) is 9.21 Å². The summed E-state index contributed by atoms with van der Waals surface area (Å²) in [6.45, 7) is 6.40. The van der Waals surface area contributed by atoms with Crippen molar-refractivity contribution in [3.63, 3.8) is 0 Å². The molecule has 2 fully saturated rings. The first-order valence-corrected chi connectivity index (χ1v) is 10.4. The summed E-state index contributed by atoms with van der Waals surface area (Å²) in [5, 5.41) is 9.59. The van der Waals surface area contributed by atoms with Crippen LogP contribution >= 0.6 is 0 Å². The van der Waals surface area contributed by atoms with Crippen LogP contribution in [0.2, 0.25) is 0 Å². The maximum atomic E-state index is 12.7. The molecule has 22 heavy (non-hydrogen) atoms. The highest BCUT2D eigenvalue weighted by Crippen LogP contribution is 2.26. The molecular formula is C16H32N2O3S. The highest BCUT2D eigenvalue weighted by atomic mass is 32.2. The van der Waals surface area contributed by atoms with E-state index in [1.165, 1.54) is 19.3 Å². The molecule has 1 saturated heterocycles. The molecular weight excluding hydrogens is 300 g/mol. The largest absolute Gasteiger partial charge is 0.392 e. The van der Waals surface area contributed by atoms with E-state index in [-0.39, 0.29) is 12.1 Å². The minimum absolute atomic E-state index is 0.226. The van der Waals surface area contributed by atoms with Crippen molar-refractivity contribution < 1.29 is 13.5 Å². The van der Waals surface area contributed by atoms with Crippen molar-refractivity contribution in [2.75, 3.05) is 31.9 Å². The number of aliphatic hydroxyl groups excluding tert-OH is 1. The lowest BCUT2D eigenvalue weighted by Crippen LogP contribution is -2.56. The molecule has 1 N–H and O–H groups in total. The molecule has 0 unspecified atom stereocenters. The third-order valence-corrected chi connectivity index (χ3v) is 7.11. The van der Waals surface area contributed by atoms with Gasteiger partial charge in [0.25, 0.3) is 0 Å². The monoisotopic (exact) mass is 332 g/mol. The Bertz CT molecular complexity index is 433. The van der Waals surface area contributed by atoms with Gasteiger partial charge in [-0.05, 0) is 32.1 Å². The molecule has 0 bridgehead atoms. The number of sulfonamides is 1. The summed E-state index contributed by atoms with van der Waals surface area (Å²) < 4.78 is 27.1. The van der Waals surface area contributed by atoms with Gasteiger partial charge in [-0.1, -0.05) is 26.2 Å². The Hall–Kier alpha value is -0.170. The van der Waals surface area contributed by atoms with E-state index >= 15 is 0 Å². The number of hydrogen-bond donors (Lipinski definition) is 1. The van der Waals surface area contributed by atoms with Crippen molar-refractivity contribution in [2.24, 2.45) is 5.92 Å². The van der Waals surface area contributed by atoms with Crippen LogP contribution in [-0.2, 0) is 10.0 Å². The molecule has 0 amide bonds. The number of rotatable bonds is 6. The number of piperazine rings is 1. The molecule has 1 aliphatic carbocycles. The average Bonchev–Trinajstić information content (AvgIpc) is 2.47. The molecule has 0 aromatic heterocycles. The van der Waals surface area contributed by atoms with Gasteiger partial charge >= 0.3 is 0 Å². The summed E-state index contributed by atoms with van der Waals surface area (Å²) >= 11 is 0. The molecule has 0 aromatic rings. The molecule has 5 nitrogen and oxygen atoms in total. The Balaban J connectivity index is 1.94. The van der Waals surface area contributed by atoms with Gasteiger partial charge in [-0.3, -0.25) is 4.90 Å². The van der Waals surface area contributed by atoms with E-state index in [2.05, 4.69) is 11.8 Å². The van der Waals surface area contributed by atoms with Gasteiger partial charge in [0.2, 0.25) is 10.0 Å². The molecule has 130 valence electrons. The molecule has 2 atom stereocenters. The Morgan fingerprint density at radius 2 is 1.86 bits per heavy atom. The zero-order chi connectivity index (χ0) is 16.2. The van der Waals surface area contributed by atoms with Crippen LogP contribution in [0.5, 0.6) is 0 Å². The zero-order valence-corrected chi connectivity index (χ0v) is 14.9. The van der Waals surface area contributed by atoms with Crippen LogP contribution in [0, 0.1) is 5.92 Å². The lowest BCUT2D eigenvalue weighted by Gasteiger charge is -2.41.